The first-order valence-electron chi connectivity index (χ1n) is 9.21. The van der Waals surface area contributed by atoms with Gasteiger partial charge >= 0.3 is 0 Å². The van der Waals surface area contributed by atoms with Gasteiger partial charge in [-0.25, -0.2) is 4.98 Å². The number of aromatic nitrogens is 2. The molecule has 1 aromatic heterocycles. The van der Waals surface area contributed by atoms with Crippen LogP contribution < -0.4 is 5.32 Å². The smallest absolute Gasteiger partial charge is 0.203 e. The highest BCUT2D eigenvalue weighted by atomic mass is 15.2. The van der Waals surface area contributed by atoms with E-state index in [0.717, 1.165) is 31.1 Å². The van der Waals surface area contributed by atoms with Gasteiger partial charge < -0.3 is 14.8 Å². The largest absolute Gasteiger partial charge is 0.354 e. The third-order valence-electron chi connectivity index (χ3n) is 4.34. The average molecular weight is 316 g/mol. The van der Waals surface area contributed by atoms with Crippen molar-refractivity contribution in [2.45, 2.75) is 53.0 Å². The maximum absolute atomic E-state index is 4.74. The minimum Gasteiger partial charge on any atom is -0.354 e. The molecule has 2 rings (SSSR count). The van der Waals surface area contributed by atoms with Gasteiger partial charge in [0.05, 0.1) is 11.0 Å². The number of para-hydroxylation sites is 2. The molecule has 4 heteroatoms. The number of nitrogens with one attached hydrogen (secondary N) is 1. The lowest BCUT2D eigenvalue weighted by Crippen LogP contribution is -2.31. The second-order valence-electron chi connectivity index (χ2n) is 6.14. The van der Waals surface area contributed by atoms with Crippen molar-refractivity contribution < 1.29 is 0 Å². The Balaban J connectivity index is 1.93. The molecule has 0 radical (unpaired) electrons. The Morgan fingerprint density at radius 2 is 1.70 bits per heavy atom. The quantitative estimate of drug-likeness (QED) is 0.668. The van der Waals surface area contributed by atoms with Gasteiger partial charge in [-0.3, -0.25) is 0 Å². The van der Waals surface area contributed by atoms with E-state index in [9.17, 15) is 0 Å². The van der Waals surface area contributed by atoms with Gasteiger partial charge in [0, 0.05) is 19.6 Å². The fraction of sp³-hybridized carbons (Fsp3) is 0.632. The Bertz CT molecular complexity index is 568. The average Bonchev–Trinajstić information content (AvgIpc) is 2.94. The molecule has 0 saturated heterocycles. The molecule has 4 nitrogen and oxygen atoms in total. The van der Waals surface area contributed by atoms with Gasteiger partial charge in [-0.2, -0.15) is 0 Å². The summed E-state index contributed by atoms with van der Waals surface area (Å²) in [7, 11) is 0. The van der Waals surface area contributed by atoms with Crippen LogP contribution in [0.25, 0.3) is 11.0 Å². The Hall–Kier alpha value is -1.55. The summed E-state index contributed by atoms with van der Waals surface area (Å²) in [6.07, 6.45) is 5.11. The number of unbranched alkanes of at least 4 members (excludes halogenated alkanes) is 2. The summed E-state index contributed by atoms with van der Waals surface area (Å²) >= 11 is 0. The Morgan fingerprint density at radius 1 is 1.00 bits per heavy atom. The Kier molecular flexibility index (Phi) is 7.40. The molecule has 0 aliphatic carbocycles. The molecule has 0 saturated carbocycles. The summed E-state index contributed by atoms with van der Waals surface area (Å²) < 4.78 is 2.26. The summed E-state index contributed by atoms with van der Waals surface area (Å²) in [5.41, 5.74) is 2.29. The van der Waals surface area contributed by atoms with Crippen molar-refractivity contribution in [3.05, 3.63) is 24.3 Å². The molecule has 0 bridgehead atoms. The van der Waals surface area contributed by atoms with Gasteiger partial charge in [-0.05, 0) is 45.0 Å². The molecule has 0 unspecified atom stereocenters. The van der Waals surface area contributed by atoms with Crippen LogP contribution >= 0.6 is 0 Å². The number of nitrogens with zero attached hydrogens (tertiary/aromatic N) is 3. The highest BCUT2D eigenvalue weighted by Gasteiger charge is 2.09. The number of anilines is 1. The molecule has 0 amide bonds. The van der Waals surface area contributed by atoms with Gasteiger partial charge in [0.2, 0.25) is 5.95 Å². The van der Waals surface area contributed by atoms with E-state index in [1.54, 1.807) is 0 Å². The van der Waals surface area contributed by atoms with Crippen molar-refractivity contribution in [3.63, 3.8) is 0 Å². The van der Waals surface area contributed by atoms with Crippen LogP contribution in [0, 0.1) is 0 Å². The summed E-state index contributed by atoms with van der Waals surface area (Å²) in [5, 5.41) is 3.55. The first kappa shape index (κ1) is 17.8. The predicted octanol–water partition coefficient (Wildman–Crippen LogP) is 4.37. The molecule has 0 aliphatic heterocycles. The van der Waals surface area contributed by atoms with E-state index in [2.05, 4.69) is 59.8 Å². The van der Waals surface area contributed by atoms with E-state index in [4.69, 9.17) is 4.98 Å². The number of aryl methyl sites for hydroxylation is 1. The normalized spacial score (nSPS) is 11.5. The topological polar surface area (TPSA) is 33.1 Å². The monoisotopic (exact) mass is 316 g/mol. The zero-order chi connectivity index (χ0) is 16.5. The van der Waals surface area contributed by atoms with Crippen LogP contribution in [0.1, 0.15) is 46.5 Å². The number of hydrogen-bond donors (Lipinski definition) is 1. The van der Waals surface area contributed by atoms with Crippen molar-refractivity contribution >= 4 is 17.0 Å². The van der Waals surface area contributed by atoms with Crippen molar-refractivity contribution in [2.24, 2.45) is 0 Å². The van der Waals surface area contributed by atoms with Crippen LogP contribution in [0.15, 0.2) is 24.3 Å². The van der Waals surface area contributed by atoms with Crippen LogP contribution in [0.3, 0.4) is 0 Å². The zero-order valence-electron chi connectivity index (χ0n) is 15.0. The van der Waals surface area contributed by atoms with Crippen molar-refractivity contribution in [2.75, 3.05) is 31.5 Å². The lowest BCUT2D eigenvalue weighted by atomic mass is 10.2. The highest BCUT2D eigenvalue weighted by Crippen LogP contribution is 2.19. The van der Waals surface area contributed by atoms with E-state index >= 15 is 0 Å². The molecule has 1 aromatic carbocycles. The lowest BCUT2D eigenvalue weighted by molar-refractivity contribution is 0.275. The second kappa shape index (κ2) is 9.56. The molecule has 1 heterocycles. The van der Waals surface area contributed by atoms with Gasteiger partial charge in [-0.1, -0.05) is 38.8 Å². The fourth-order valence-corrected chi connectivity index (χ4v) is 2.96. The standard InChI is InChI=1S/C19H32N4/c1-4-7-14-22(15-8-5-2)16-13-20-19-21-17-11-9-10-12-18(17)23(19)6-3/h9-12H,4-8,13-16H2,1-3H3,(H,20,21). The molecule has 0 atom stereocenters. The van der Waals surface area contributed by atoms with Gasteiger partial charge in [-0.15, -0.1) is 0 Å². The highest BCUT2D eigenvalue weighted by molar-refractivity contribution is 5.78. The second-order valence-corrected chi connectivity index (χ2v) is 6.14. The number of imidazole rings is 1. The fourth-order valence-electron chi connectivity index (χ4n) is 2.96. The van der Waals surface area contributed by atoms with Crippen molar-refractivity contribution in [1.82, 2.24) is 14.5 Å². The molecule has 128 valence electrons. The first-order valence-corrected chi connectivity index (χ1v) is 9.21. The summed E-state index contributed by atoms with van der Waals surface area (Å²) in [6, 6.07) is 8.36. The van der Waals surface area contributed by atoms with Gasteiger partial charge in [0.15, 0.2) is 0 Å². The minimum atomic E-state index is 0.943. The summed E-state index contributed by atoms with van der Waals surface area (Å²) in [6.45, 7) is 12.1. The first-order chi connectivity index (χ1) is 11.3. The van der Waals surface area contributed by atoms with Crippen LogP contribution in [0.4, 0.5) is 5.95 Å². The molecular weight excluding hydrogens is 284 g/mol. The molecule has 1 N–H and O–H groups in total. The molecule has 0 spiro atoms. The number of fused-ring (bicyclic) bond motifs is 1. The zero-order valence-corrected chi connectivity index (χ0v) is 15.0. The molecular formula is C19H32N4. The number of benzene rings is 1. The molecule has 0 fully saturated rings. The van der Waals surface area contributed by atoms with Crippen molar-refractivity contribution in [1.29, 1.82) is 0 Å². The lowest BCUT2D eigenvalue weighted by Gasteiger charge is -2.22. The van der Waals surface area contributed by atoms with Crippen LogP contribution in [0.2, 0.25) is 0 Å². The Labute approximate surface area is 140 Å². The van der Waals surface area contributed by atoms with E-state index < -0.39 is 0 Å². The van der Waals surface area contributed by atoms with Crippen LogP contribution in [-0.4, -0.2) is 40.6 Å². The summed E-state index contributed by atoms with van der Waals surface area (Å²) in [5.74, 6) is 1.000. The van der Waals surface area contributed by atoms with Crippen LogP contribution in [0.5, 0.6) is 0 Å². The summed E-state index contributed by atoms with van der Waals surface area (Å²) in [4.78, 5) is 7.32. The van der Waals surface area contributed by atoms with E-state index in [1.807, 2.05) is 0 Å². The third kappa shape index (κ3) is 4.96. The van der Waals surface area contributed by atoms with E-state index in [1.165, 1.54) is 44.3 Å². The molecule has 23 heavy (non-hydrogen) atoms. The maximum Gasteiger partial charge on any atom is 0.203 e. The van der Waals surface area contributed by atoms with Crippen LogP contribution in [-0.2, 0) is 6.54 Å². The van der Waals surface area contributed by atoms with Gasteiger partial charge in [0.25, 0.3) is 0 Å². The Morgan fingerprint density at radius 3 is 2.35 bits per heavy atom. The molecule has 0 aliphatic rings. The SMILES string of the molecule is CCCCN(CCCC)CCNc1nc2ccccc2n1CC. The molecule has 2 aromatic rings. The maximum atomic E-state index is 4.74. The minimum absolute atomic E-state index is 0.943. The number of hydrogen-bond acceptors (Lipinski definition) is 3. The van der Waals surface area contributed by atoms with Crippen molar-refractivity contribution in [3.8, 4) is 0 Å². The van der Waals surface area contributed by atoms with E-state index in [0.29, 0.717) is 0 Å². The predicted molar refractivity (Wildman–Crippen MR) is 100 cm³/mol. The van der Waals surface area contributed by atoms with Gasteiger partial charge in [0.1, 0.15) is 0 Å². The van der Waals surface area contributed by atoms with E-state index in [-0.39, 0.29) is 0 Å². The number of rotatable bonds is 11. The third-order valence-corrected chi connectivity index (χ3v) is 4.34.